The van der Waals surface area contributed by atoms with Gasteiger partial charge in [-0.3, -0.25) is 19.0 Å². The van der Waals surface area contributed by atoms with Crippen molar-refractivity contribution in [1.29, 1.82) is 0 Å². The van der Waals surface area contributed by atoms with E-state index in [1.807, 2.05) is 0 Å². The molecule has 188 valence electrons. The number of benzene rings is 2. The molecule has 1 saturated heterocycles. The second kappa shape index (κ2) is 10.1. The van der Waals surface area contributed by atoms with Crippen LogP contribution in [0.5, 0.6) is 5.75 Å². The second-order valence-corrected chi connectivity index (χ2v) is 8.62. The van der Waals surface area contributed by atoms with Crippen molar-refractivity contribution >= 4 is 46.1 Å². The highest BCUT2D eigenvalue weighted by Crippen LogP contribution is 2.31. The molecule has 1 fully saturated rings. The number of aliphatic hydroxyl groups excluding tert-OH is 2. The molecule has 0 aliphatic carbocycles. The van der Waals surface area contributed by atoms with Gasteiger partial charge in [0.05, 0.1) is 19.0 Å². The lowest BCUT2D eigenvalue weighted by Gasteiger charge is -2.15. The molecule has 3 unspecified atom stereocenters. The lowest BCUT2D eigenvalue weighted by molar-refractivity contribution is -0.156. The van der Waals surface area contributed by atoms with E-state index in [4.69, 9.17) is 21.1 Å². The van der Waals surface area contributed by atoms with Gasteiger partial charge in [0, 0.05) is 21.7 Å². The zero-order valence-electron chi connectivity index (χ0n) is 19.3. The van der Waals surface area contributed by atoms with E-state index < -0.39 is 42.6 Å². The van der Waals surface area contributed by atoms with Crippen molar-refractivity contribution < 1.29 is 43.6 Å². The van der Waals surface area contributed by atoms with Gasteiger partial charge in [-0.1, -0.05) is 11.6 Å². The lowest BCUT2D eigenvalue weighted by Crippen LogP contribution is -2.38. The van der Waals surface area contributed by atoms with E-state index in [2.05, 4.69) is 4.74 Å². The maximum Gasteiger partial charge on any atom is 0.343 e. The van der Waals surface area contributed by atoms with Crippen molar-refractivity contribution in [2.24, 2.45) is 0 Å². The number of Topliss-reactive ketones (excluding diaryl/α,β-unsaturated/α-hetero) is 1. The summed E-state index contributed by atoms with van der Waals surface area (Å²) in [6.45, 7) is 1.05. The van der Waals surface area contributed by atoms with Gasteiger partial charge in [0.25, 0.3) is 5.91 Å². The van der Waals surface area contributed by atoms with Crippen LogP contribution in [0.1, 0.15) is 21.6 Å². The number of ketones is 1. The Labute approximate surface area is 209 Å². The van der Waals surface area contributed by atoms with E-state index in [9.17, 15) is 29.4 Å². The summed E-state index contributed by atoms with van der Waals surface area (Å²) in [6.07, 6.45) is -5.49. The quantitative estimate of drug-likeness (QED) is 0.354. The molecule has 0 spiro atoms. The number of aliphatic hydroxyl groups is 2. The summed E-state index contributed by atoms with van der Waals surface area (Å²) in [5.41, 5.74) is 1.95. The molecule has 0 bridgehead atoms. The summed E-state index contributed by atoms with van der Waals surface area (Å²) in [4.78, 5) is 49.1. The van der Waals surface area contributed by atoms with Crippen LogP contribution in [0.25, 0.3) is 10.9 Å². The topological polar surface area (TPSA) is 141 Å². The molecule has 2 aromatic carbocycles. The number of aromatic nitrogens is 1. The zero-order chi connectivity index (χ0) is 26.1. The van der Waals surface area contributed by atoms with E-state index in [1.54, 1.807) is 49.4 Å². The van der Waals surface area contributed by atoms with Gasteiger partial charge in [0.1, 0.15) is 18.5 Å². The first kappa shape index (κ1) is 25.4. The fourth-order valence-electron chi connectivity index (χ4n) is 4.04. The number of rotatable bonds is 7. The molecule has 2 N–H and O–H groups in total. The average Bonchev–Trinajstić information content (AvgIpc) is 3.29. The minimum Gasteiger partial charge on any atom is -0.497 e. The number of ether oxygens (including phenoxy) is 3. The van der Waals surface area contributed by atoms with Crippen LogP contribution in [0.3, 0.4) is 0 Å². The Morgan fingerprint density at radius 2 is 1.86 bits per heavy atom. The number of halogens is 1. The third kappa shape index (κ3) is 4.70. The number of fused-ring (bicyclic) bond motifs is 1. The van der Waals surface area contributed by atoms with Gasteiger partial charge in [-0.25, -0.2) is 4.79 Å². The Kier molecular flexibility index (Phi) is 7.11. The van der Waals surface area contributed by atoms with Crippen molar-refractivity contribution in [3.8, 4) is 5.75 Å². The number of hydrogen-bond acceptors (Lipinski definition) is 9. The van der Waals surface area contributed by atoms with Crippen molar-refractivity contribution in [1.82, 2.24) is 4.57 Å². The third-order valence-electron chi connectivity index (χ3n) is 5.94. The Morgan fingerprint density at radius 1 is 1.17 bits per heavy atom. The van der Waals surface area contributed by atoms with E-state index in [0.29, 0.717) is 38.5 Å². The summed E-state index contributed by atoms with van der Waals surface area (Å²) in [5, 5.41) is 20.6. The van der Waals surface area contributed by atoms with Crippen LogP contribution in [0.15, 0.2) is 42.5 Å². The predicted molar refractivity (Wildman–Crippen MR) is 126 cm³/mol. The number of hydrogen-bond donors (Lipinski definition) is 2. The molecule has 3 aromatic rings. The summed E-state index contributed by atoms with van der Waals surface area (Å²) in [7, 11) is 1.49. The van der Waals surface area contributed by atoms with Crippen LogP contribution < -0.4 is 4.74 Å². The van der Waals surface area contributed by atoms with Gasteiger partial charge < -0.3 is 24.4 Å². The number of carbonyl (C=O) groups is 4. The molecule has 1 aliphatic rings. The molecule has 3 atom stereocenters. The van der Waals surface area contributed by atoms with Crippen LogP contribution in [-0.4, -0.2) is 70.4 Å². The number of methoxy groups -OCH3 is 1. The first-order chi connectivity index (χ1) is 17.1. The van der Waals surface area contributed by atoms with Crippen molar-refractivity contribution in [3.63, 3.8) is 0 Å². The van der Waals surface area contributed by atoms with E-state index in [-0.39, 0.29) is 12.3 Å². The molecule has 0 amide bonds. The second-order valence-electron chi connectivity index (χ2n) is 8.18. The number of esters is 2. The molecular weight excluding hydrogens is 494 g/mol. The Morgan fingerprint density at radius 3 is 2.47 bits per heavy atom. The minimum atomic E-state index is -1.97. The normalized spacial score (nSPS) is 18.2. The van der Waals surface area contributed by atoms with Gasteiger partial charge in [-0.2, -0.15) is 0 Å². The van der Waals surface area contributed by atoms with Gasteiger partial charge in [-0.05, 0) is 55.0 Å². The average molecular weight is 516 g/mol. The number of cyclic esters (lactones) is 1. The lowest BCUT2D eigenvalue weighted by atomic mass is 10.1. The summed E-state index contributed by atoms with van der Waals surface area (Å²) < 4.78 is 16.5. The highest BCUT2D eigenvalue weighted by molar-refractivity contribution is 6.30. The molecule has 0 radical (unpaired) electrons. The molecule has 36 heavy (non-hydrogen) atoms. The minimum absolute atomic E-state index is 0.260. The molecular formula is C25H22ClNO9. The van der Waals surface area contributed by atoms with Gasteiger partial charge in [0.2, 0.25) is 11.9 Å². The molecule has 2 heterocycles. The predicted octanol–water partition coefficient (Wildman–Crippen LogP) is 1.60. The van der Waals surface area contributed by atoms with E-state index in [0.717, 1.165) is 0 Å². The van der Waals surface area contributed by atoms with Gasteiger partial charge in [0.15, 0.2) is 6.10 Å². The maximum absolute atomic E-state index is 13.3. The fourth-order valence-corrected chi connectivity index (χ4v) is 4.17. The van der Waals surface area contributed by atoms with Crippen LogP contribution in [0, 0.1) is 6.92 Å². The highest BCUT2D eigenvalue weighted by Gasteiger charge is 2.46. The largest absolute Gasteiger partial charge is 0.497 e. The van der Waals surface area contributed by atoms with E-state index >= 15 is 0 Å². The van der Waals surface area contributed by atoms with Crippen LogP contribution in [-0.2, 0) is 30.3 Å². The molecule has 4 rings (SSSR count). The number of carbonyl (C=O) groups excluding carboxylic acids is 4. The van der Waals surface area contributed by atoms with Crippen LogP contribution in [0.4, 0.5) is 0 Å². The Bertz CT molecular complexity index is 1360. The highest BCUT2D eigenvalue weighted by atomic mass is 35.5. The molecule has 1 aromatic heterocycles. The summed E-state index contributed by atoms with van der Waals surface area (Å²) >= 11 is 5.94. The zero-order valence-corrected chi connectivity index (χ0v) is 20.0. The molecule has 1 aliphatic heterocycles. The fraction of sp³-hybridized carbons (Fsp3) is 0.280. The molecule has 0 saturated carbocycles. The Hall–Kier alpha value is -3.73. The first-order valence-electron chi connectivity index (χ1n) is 10.9. The monoisotopic (exact) mass is 515 g/mol. The van der Waals surface area contributed by atoms with Crippen LogP contribution >= 0.6 is 11.6 Å². The van der Waals surface area contributed by atoms with Crippen molar-refractivity contribution in [3.05, 3.63) is 64.3 Å². The summed E-state index contributed by atoms with van der Waals surface area (Å²) in [6, 6.07) is 11.5. The smallest absolute Gasteiger partial charge is 0.343 e. The van der Waals surface area contributed by atoms with Crippen molar-refractivity contribution in [2.75, 3.05) is 13.7 Å². The SMILES string of the molecule is COc1ccc2c(c1)c(CC(=O)OCC(O)C1OC(=O)C(O)C1=O)c(C)n2C(=O)c1ccc(Cl)cc1. The third-order valence-corrected chi connectivity index (χ3v) is 6.19. The molecule has 10 nitrogen and oxygen atoms in total. The Balaban J connectivity index is 1.59. The van der Waals surface area contributed by atoms with Crippen LogP contribution in [0.2, 0.25) is 5.02 Å². The number of nitrogens with zero attached hydrogens (tertiary/aromatic N) is 1. The first-order valence-corrected chi connectivity index (χ1v) is 11.2. The summed E-state index contributed by atoms with van der Waals surface area (Å²) in [5.74, 6) is -2.73. The van der Waals surface area contributed by atoms with Crippen molar-refractivity contribution in [2.45, 2.75) is 31.7 Å². The maximum atomic E-state index is 13.3. The molecule has 11 heteroatoms. The van der Waals surface area contributed by atoms with E-state index in [1.165, 1.54) is 11.7 Å². The van der Waals surface area contributed by atoms with Gasteiger partial charge in [-0.15, -0.1) is 0 Å². The standard InChI is InChI=1S/C25H22ClNO9/c1-12-16(10-20(29)35-11-19(28)23-21(30)22(31)25(33)36-23)17-9-15(34-2)7-8-18(17)27(12)24(32)13-3-5-14(26)6-4-13/h3-9,19,22-23,28,31H,10-11H2,1-2H3. The van der Waals surface area contributed by atoms with Gasteiger partial charge >= 0.3 is 11.9 Å².